The zero-order valence-electron chi connectivity index (χ0n) is 15.4. The van der Waals surface area contributed by atoms with E-state index >= 15 is 0 Å². The monoisotopic (exact) mass is 401 g/mol. The lowest BCUT2D eigenvalue weighted by molar-refractivity contribution is 0.445. The van der Waals surface area contributed by atoms with E-state index < -0.39 is 15.6 Å². The van der Waals surface area contributed by atoms with Gasteiger partial charge in [0.2, 0.25) is 15.7 Å². The Morgan fingerprint density at radius 2 is 1.75 bits per heavy atom. The fourth-order valence-electron chi connectivity index (χ4n) is 2.74. The predicted octanol–water partition coefficient (Wildman–Crippen LogP) is 3.94. The first-order chi connectivity index (χ1) is 13.4. The van der Waals surface area contributed by atoms with Gasteiger partial charge in [0.25, 0.3) is 0 Å². The van der Waals surface area contributed by atoms with E-state index in [2.05, 4.69) is 10.2 Å². The molecule has 0 saturated carbocycles. The maximum Gasteiger partial charge on any atom is 0.368 e. The summed E-state index contributed by atoms with van der Waals surface area (Å²) in [6.45, 7) is 4.20. The van der Waals surface area contributed by atoms with Crippen molar-refractivity contribution in [1.82, 2.24) is 4.31 Å². The van der Waals surface area contributed by atoms with Crippen LogP contribution in [-0.4, -0.2) is 30.9 Å². The molecule has 1 aromatic heterocycles. The summed E-state index contributed by atoms with van der Waals surface area (Å²) in [7, 11) is -3.65. The molecule has 1 heterocycles. The molecule has 28 heavy (non-hydrogen) atoms. The topological polar surface area (TPSA) is 113 Å². The van der Waals surface area contributed by atoms with Crippen LogP contribution in [0.5, 0.6) is 5.75 Å². The van der Waals surface area contributed by atoms with E-state index in [4.69, 9.17) is 4.42 Å². The van der Waals surface area contributed by atoms with E-state index in [1.165, 1.54) is 22.5 Å². The van der Waals surface area contributed by atoms with Gasteiger partial charge in [-0.15, -0.1) is 5.11 Å². The first-order valence-electron chi connectivity index (χ1n) is 8.65. The Hall–Kier alpha value is -3.04. The van der Waals surface area contributed by atoms with Crippen molar-refractivity contribution < 1.29 is 17.9 Å². The van der Waals surface area contributed by atoms with Crippen LogP contribution in [0.3, 0.4) is 0 Å². The highest BCUT2D eigenvalue weighted by Crippen LogP contribution is 2.32. The number of hydrogen-bond donors (Lipinski definition) is 1. The first kappa shape index (κ1) is 19.7. The lowest BCUT2D eigenvalue weighted by atomic mass is 10.2. The van der Waals surface area contributed by atoms with Crippen LogP contribution in [0.25, 0.3) is 11.0 Å². The Bertz CT molecular complexity index is 1200. The maximum atomic E-state index is 12.6. The predicted molar refractivity (Wildman–Crippen MR) is 105 cm³/mol. The fraction of sp³-hybridized carbons (Fsp3) is 0.211. The lowest BCUT2D eigenvalue weighted by Crippen LogP contribution is -2.30. The van der Waals surface area contributed by atoms with Crippen LogP contribution >= 0.6 is 0 Å². The molecular formula is C19H19N3O5S. The fourth-order valence-corrected chi connectivity index (χ4v) is 4.24. The van der Waals surface area contributed by atoms with E-state index in [1.807, 2.05) is 0 Å². The summed E-state index contributed by atoms with van der Waals surface area (Å²) >= 11 is 0. The smallest absolute Gasteiger partial charge is 0.368 e. The standard InChI is InChI=1S/C19H19N3O5S/c1-3-22(4-2)28(25,26)14-9-7-8-13(12-14)20-21-17-18(23)15-10-5-6-11-16(15)27-19(17)24/h5-12,23H,3-4H2,1-2H3. The molecule has 3 rings (SSSR count). The zero-order valence-corrected chi connectivity index (χ0v) is 16.2. The van der Waals surface area contributed by atoms with Gasteiger partial charge in [-0.25, -0.2) is 13.2 Å². The SMILES string of the molecule is CCN(CC)S(=O)(=O)c1cccc(N=Nc2c(O)c3ccccc3oc2=O)c1. The Kier molecular flexibility index (Phi) is 5.57. The van der Waals surface area contributed by atoms with Crippen molar-refractivity contribution in [3.63, 3.8) is 0 Å². The van der Waals surface area contributed by atoms with Crippen molar-refractivity contribution in [2.75, 3.05) is 13.1 Å². The van der Waals surface area contributed by atoms with Gasteiger partial charge >= 0.3 is 5.63 Å². The van der Waals surface area contributed by atoms with Gasteiger partial charge in [-0.05, 0) is 30.3 Å². The summed E-state index contributed by atoms with van der Waals surface area (Å²) in [6, 6.07) is 12.4. The van der Waals surface area contributed by atoms with Crippen LogP contribution in [0, 0.1) is 0 Å². The molecule has 146 valence electrons. The maximum absolute atomic E-state index is 12.6. The number of aromatic hydroxyl groups is 1. The molecule has 0 unspecified atom stereocenters. The molecule has 0 bridgehead atoms. The third-order valence-corrected chi connectivity index (χ3v) is 6.23. The average Bonchev–Trinajstić information content (AvgIpc) is 2.69. The Morgan fingerprint density at radius 3 is 2.46 bits per heavy atom. The molecule has 0 aliphatic rings. The molecule has 0 aliphatic heterocycles. The molecule has 0 spiro atoms. The van der Waals surface area contributed by atoms with Crippen LogP contribution < -0.4 is 5.63 Å². The van der Waals surface area contributed by atoms with E-state index in [1.54, 1.807) is 44.2 Å². The average molecular weight is 401 g/mol. The first-order valence-corrected chi connectivity index (χ1v) is 10.1. The van der Waals surface area contributed by atoms with Gasteiger partial charge in [0.15, 0.2) is 5.75 Å². The number of azo groups is 1. The molecule has 0 fully saturated rings. The van der Waals surface area contributed by atoms with Gasteiger partial charge in [0.1, 0.15) is 5.58 Å². The normalized spacial score (nSPS) is 12.2. The van der Waals surface area contributed by atoms with Crippen LogP contribution in [0.1, 0.15) is 13.8 Å². The Labute approximate surface area is 161 Å². The highest BCUT2D eigenvalue weighted by Gasteiger charge is 2.21. The summed E-state index contributed by atoms with van der Waals surface area (Å²) in [6.07, 6.45) is 0. The molecule has 0 aliphatic carbocycles. The number of sulfonamides is 1. The second-order valence-electron chi connectivity index (χ2n) is 5.87. The minimum absolute atomic E-state index is 0.0717. The highest BCUT2D eigenvalue weighted by molar-refractivity contribution is 7.89. The van der Waals surface area contributed by atoms with E-state index in [9.17, 15) is 18.3 Å². The van der Waals surface area contributed by atoms with Gasteiger partial charge in [-0.3, -0.25) is 0 Å². The lowest BCUT2D eigenvalue weighted by Gasteiger charge is -2.18. The number of para-hydroxylation sites is 1. The summed E-state index contributed by atoms with van der Waals surface area (Å²) < 4.78 is 31.7. The van der Waals surface area contributed by atoms with Crippen LogP contribution in [0.15, 0.2) is 72.9 Å². The molecule has 0 amide bonds. The molecule has 0 saturated heterocycles. The van der Waals surface area contributed by atoms with Crippen molar-refractivity contribution in [2.24, 2.45) is 10.2 Å². The number of hydrogen-bond acceptors (Lipinski definition) is 7. The Balaban J connectivity index is 2.01. The molecule has 3 aromatic rings. The van der Waals surface area contributed by atoms with Gasteiger partial charge in [-0.2, -0.15) is 9.42 Å². The van der Waals surface area contributed by atoms with Gasteiger partial charge in [0, 0.05) is 13.1 Å². The van der Waals surface area contributed by atoms with E-state index in [-0.39, 0.29) is 27.6 Å². The molecule has 8 nitrogen and oxygen atoms in total. The molecule has 1 N–H and O–H groups in total. The van der Waals surface area contributed by atoms with E-state index in [0.29, 0.717) is 18.5 Å². The second kappa shape index (κ2) is 7.91. The van der Waals surface area contributed by atoms with Crippen LogP contribution in [0.4, 0.5) is 11.4 Å². The third-order valence-electron chi connectivity index (χ3n) is 4.19. The molecule has 9 heteroatoms. The zero-order chi connectivity index (χ0) is 20.3. The minimum Gasteiger partial charge on any atom is -0.505 e. The van der Waals surface area contributed by atoms with Crippen molar-refractivity contribution in [3.8, 4) is 5.75 Å². The van der Waals surface area contributed by atoms with Gasteiger partial charge < -0.3 is 9.52 Å². The van der Waals surface area contributed by atoms with Crippen molar-refractivity contribution in [2.45, 2.75) is 18.7 Å². The Morgan fingerprint density at radius 1 is 1.04 bits per heavy atom. The molecular weight excluding hydrogens is 382 g/mol. The van der Waals surface area contributed by atoms with Crippen molar-refractivity contribution in [3.05, 3.63) is 59.0 Å². The summed E-state index contributed by atoms with van der Waals surface area (Å²) in [5.41, 5.74) is -0.737. The van der Waals surface area contributed by atoms with E-state index in [0.717, 1.165) is 0 Å². The number of nitrogens with zero attached hydrogens (tertiary/aromatic N) is 3. The summed E-state index contributed by atoms with van der Waals surface area (Å²) in [5.74, 6) is -0.345. The van der Waals surface area contributed by atoms with Gasteiger partial charge in [0.05, 0.1) is 16.0 Å². The summed E-state index contributed by atoms with van der Waals surface area (Å²) in [5, 5.41) is 18.3. The van der Waals surface area contributed by atoms with Crippen molar-refractivity contribution in [1.29, 1.82) is 0 Å². The number of rotatable bonds is 6. The third kappa shape index (κ3) is 3.67. The number of fused-ring (bicyclic) bond motifs is 1. The van der Waals surface area contributed by atoms with Crippen LogP contribution in [0.2, 0.25) is 0 Å². The van der Waals surface area contributed by atoms with Crippen LogP contribution in [-0.2, 0) is 10.0 Å². The molecule has 2 aromatic carbocycles. The second-order valence-corrected chi connectivity index (χ2v) is 7.81. The molecule has 0 radical (unpaired) electrons. The molecule has 0 atom stereocenters. The number of benzene rings is 2. The quantitative estimate of drug-likeness (QED) is 0.496. The minimum atomic E-state index is -3.65. The van der Waals surface area contributed by atoms with Gasteiger partial charge in [-0.1, -0.05) is 32.0 Å². The largest absolute Gasteiger partial charge is 0.505 e. The summed E-state index contributed by atoms with van der Waals surface area (Å²) in [4.78, 5) is 12.2. The highest BCUT2D eigenvalue weighted by atomic mass is 32.2. The van der Waals surface area contributed by atoms with Crippen molar-refractivity contribution >= 4 is 32.4 Å².